The minimum atomic E-state index is -0.199. The van der Waals surface area contributed by atoms with Gasteiger partial charge in [0.05, 0.1) is 13.2 Å². The molecule has 1 aromatic carbocycles. The molecular weight excluding hydrogens is 333 g/mol. The van der Waals surface area contributed by atoms with Gasteiger partial charge in [0.15, 0.2) is 5.96 Å². The zero-order chi connectivity index (χ0) is 18.4. The van der Waals surface area contributed by atoms with Crippen LogP contribution in [0, 0.1) is 11.7 Å². The second-order valence-corrected chi connectivity index (χ2v) is 7.17. The van der Waals surface area contributed by atoms with E-state index in [-0.39, 0.29) is 5.82 Å². The van der Waals surface area contributed by atoms with Gasteiger partial charge in [0.25, 0.3) is 0 Å². The molecule has 2 fully saturated rings. The molecule has 2 aliphatic heterocycles. The zero-order valence-corrected chi connectivity index (χ0v) is 15.6. The van der Waals surface area contributed by atoms with Crippen LogP contribution in [0.3, 0.4) is 0 Å². The molecule has 2 N–H and O–H groups in total. The van der Waals surface area contributed by atoms with Crippen molar-refractivity contribution in [2.75, 3.05) is 70.5 Å². The van der Waals surface area contributed by atoms with Gasteiger partial charge in [0.2, 0.25) is 0 Å². The third-order valence-corrected chi connectivity index (χ3v) is 5.03. The van der Waals surface area contributed by atoms with E-state index in [1.165, 1.54) is 12.1 Å². The highest BCUT2D eigenvalue weighted by Gasteiger charge is 2.19. The van der Waals surface area contributed by atoms with E-state index in [1.807, 2.05) is 12.1 Å². The largest absolute Gasteiger partial charge is 0.379 e. The van der Waals surface area contributed by atoms with E-state index >= 15 is 0 Å². The number of halogens is 1. The Labute approximate surface area is 155 Å². The van der Waals surface area contributed by atoms with Crippen molar-refractivity contribution in [1.29, 1.82) is 0 Å². The first-order chi connectivity index (χ1) is 12.6. The molecule has 0 spiro atoms. The zero-order valence-electron chi connectivity index (χ0n) is 15.6. The van der Waals surface area contributed by atoms with Gasteiger partial charge in [0, 0.05) is 58.0 Å². The average Bonchev–Trinajstić information content (AvgIpc) is 2.68. The molecule has 2 saturated heterocycles. The highest BCUT2D eigenvalue weighted by Crippen LogP contribution is 2.16. The number of nitrogens with zero attached hydrogens (tertiary/aromatic N) is 4. The first kappa shape index (κ1) is 18.9. The fourth-order valence-electron chi connectivity index (χ4n) is 3.48. The van der Waals surface area contributed by atoms with Crippen LogP contribution in [0.2, 0.25) is 0 Å². The maximum absolute atomic E-state index is 13.1. The second-order valence-electron chi connectivity index (χ2n) is 7.17. The van der Waals surface area contributed by atoms with E-state index in [2.05, 4.69) is 26.6 Å². The topological polar surface area (TPSA) is 57.3 Å². The van der Waals surface area contributed by atoms with Crippen molar-refractivity contribution in [1.82, 2.24) is 9.80 Å². The van der Waals surface area contributed by atoms with Gasteiger partial charge in [-0.25, -0.2) is 4.39 Å². The summed E-state index contributed by atoms with van der Waals surface area (Å²) >= 11 is 0. The lowest BCUT2D eigenvalue weighted by Crippen LogP contribution is -2.51. The molecule has 0 bridgehead atoms. The maximum atomic E-state index is 13.1. The Balaban J connectivity index is 1.42. The van der Waals surface area contributed by atoms with Gasteiger partial charge >= 0.3 is 0 Å². The number of aliphatic imine (C=N–C) groups is 1. The van der Waals surface area contributed by atoms with Crippen molar-refractivity contribution in [3.8, 4) is 0 Å². The summed E-state index contributed by atoms with van der Waals surface area (Å²) in [4.78, 5) is 11.4. The van der Waals surface area contributed by atoms with Crippen LogP contribution in [0.15, 0.2) is 29.3 Å². The quantitative estimate of drug-likeness (QED) is 0.630. The molecule has 2 aliphatic rings. The Hall–Kier alpha value is -1.86. The molecule has 1 atom stereocenters. The molecule has 144 valence electrons. The number of anilines is 1. The summed E-state index contributed by atoms with van der Waals surface area (Å²) in [5.74, 6) is 0.916. The van der Waals surface area contributed by atoms with E-state index in [0.29, 0.717) is 11.9 Å². The third kappa shape index (κ3) is 5.32. The van der Waals surface area contributed by atoms with Crippen molar-refractivity contribution >= 4 is 11.6 Å². The molecule has 0 radical (unpaired) electrons. The smallest absolute Gasteiger partial charge is 0.191 e. The van der Waals surface area contributed by atoms with Crippen LogP contribution in [0.4, 0.5) is 10.1 Å². The van der Waals surface area contributed by atoms with Crippen LogP contribution in [0.25, 0.3) is 0 Å². The Morgan fingerprint density at radius 3 is 2.42 bits per heavy atom. The molecule has 26 heavy (non-hydrogen) atoms. The van der Waals surface area contributed by atoms with E-state index in [0.717, 1.165) is 71.3 Å². The molecule has 0 amide bonds. The number of morpholine rings is 1. The van der Waals surface area contributed by atoms with Crippen LogP contribution in [0.1, 0.15) is 6.92 Å². The first-order valence-electron chi connectivity index (χ1n) is 9.47. The number of ether oxygens (including phenoxy) is 1. The Morgan fingerprint density at radius 2 is 1.77 bits per heavy atom. The molecule has 0 aliphatic carbocycles. The summed E-state index contributed by atoms with van der Waals surface area (Å²) in [6.45, 7) is 11.1. The van der Waals surface area contributed by atoms with Gasteiger partial charge in [-0.2, -0.15) is 0 Å². The summed E-state index contributed by atoms with van der Waals surface area (Å²) in [6, 6.07) is 6.67. The molecule has 0 saturated carbocycles. The molecule has 1 aromatic rings. The average molecular weight is 363 g/mol. The van der Waals surface area contributed by atoms with Gasteiger partial charge in [0.1, 0.15) is 5.82 Å². The van der Waals surface area contributed by atoms with Crippen LogP contribution in [-0.4, -0.2) is 81.3 Å². The SMILES string of the molecule is CC(CN=C(N)N1CCN(c2ccc(F)cc2)CC1)CN1CCOCC1. The molecule has 1 unspecified atom stereocenters. The first-order valence-corrected chi connectivity index (χ1v) is 9.47. The number of piperazine rings is 1. The Morgan fingerprint density at radius 1 is 1.12 bits per heavy atom. The van der Waals surface area contributed by atoms with Crippen LogP contribution >= 0.6 is 0 Å². The Bertz CT molecular complexity index is 580. The summed E-state index contributed by atoms with van der Waals surface area (Å²) in [5.41, 5.74) is 7.26. The van der Waals surface area contributed by atoms with E-state index < -0.39 is 0 Å². The monoisotopic (exact) mass is 363 g/mol. The lowest BCUT2D eigenvalue weighted by atomic mass is 10.1. The van der Waals surface area contributed by atoms with Crippen molar-refractivity contribution in [3.63, 3.8) is 0 Å². The molecular formula is C19H30FN5O. The van der Waals surface area contributed by atoms with Crippen LogP contribution in [-0.2, 0) is 4.74 Å². The second kappa shape index (κ2) is 9.19. The number of benzene rings is 1. The molecule has 7 heteroatoms. The third-order valence-electron chi connectivity index (χ3n) is 5.03. The summed E-state index contributed by atoms with van der Waals surface area (Å²) < 4.78 is 18.4. The predicted octanol–water partition coefficient (Wildman–Crippen LogP) is 1.23. The summed E-state index contributed by atoms with van der Waals surface area (Å²) in [5, 5.41) is 0. The maximum Gasteiger partial charge on any atom is 0.191 e. The van der Waals surface area contributed by atoms with Crippen LogP contribution in [0.5, 0.6) is 0 Å². The number of nitrogens with two attached hydrogens (primary N) is 1. The van der Waals surface area contributed by atoms with Gasteiger partial charge in [-0.1, -0.05) is 6.92 Å². The highest BCUT2D eigenvalue weighted by molar-refractivity contribution is 5.78. The predicted molar refractivity (Wildman–Crippen MR) is 103 cm³/mol. The number of hydrogen-bond donors (Lipinski definition) is 1. The molecule has 0 aromatic heterocycles. The van der Waals surface area contributed by atoms with Gasteiger partial charge in [-0.3, -0.25) is 9.89 Å². The normalized spacial score (nSPS) is 21.1. The minimum absolute atomic E-state index is 0.199. The summed E-state index contributed by atoms with van der Waals surface area (Å²) in [6.07, 6.45) is 0. The fraction of sp³-hybridized carbons (Fsp3) is 0.632. The van der Waals surface area contributed by atoms with Crippen molar-refractivity contribution in [3.05, 3.63) is 30.1 Å². The van der Waals surface area contributed by atoms with E-state index in [1.54, 1.807) is 0 Å². The molecule has 3 rings (SSSR count). The van der Waals surface area contributed by atoms with Gasteiger partial charge in [-0.15, -0.1) is 0 Å². The Kier molecular flexibility index (Phi) is 6.68. The van der Waals surface area contributed by atoms with Crippen LogP contribution < -0.4 is 10.6 Å². The molecule has 6 nitrogen and oxygen atoms in total. The molecule has 2 heterocycles. The minimum Gasteiger partial charge on any atom is -0.379 e. The van der Waals surface area contributed by atoms with Gasteiger partial charge in [-0.05, 0) is 30.2 Å². The van der Waals surface area contributed by atoms with Crippen molar-refractivity contribution in [2.24, 2.45) is 16.6 Å². The number of hydrogen-bond acceptors (Lipinski definition) is 4. The fourth-order valence-corrected chi connectivity index (χ4v) is 3.48. The van der Waals surface area contributed by atoms with Crippen molar-refractivity contribution in [2.45, 2.75) is 6.92 Å². The number of guanidine groups is 1. The number of rotatable bonds is 5. The van der Waals surface area contributed by atoms with Crippen molar-refractivity contribution < 1.29 is 9.13 Å². The highest BCUT2D eigenvalue weighted by atomic mass is 19.1. The van der Waals surface area contributed by atoms with E-state index in [9.17, 15) is 4.39 Å². The standard InChI is InChI=1S/C19H30FN5O/c1-16(15-23-10-12-26-13-11-23)14-22-19(21)25-8-6-24(7-9-25)18-4-2-17(20)3-5-18/h2-5,16H,6-15H2,1H3,(H2,21,22). The lowest BCUT2D eigenvalue weighted by molar-refractivity contribution is 0.0323. The van der Waals surface area contributed by atoms with E-state index in [4.69, 9.17) is 10.5 Å². The summed E-state index contributed by atoms with van der Waals surface area (Å²) in [7, 11) is 0. The van der Waals surface area contributed by atoms with Gasteiger partial charge < -0.3 is 20.3 Å². The lowest BCUT2D eigenvalue weighted by Gasteiger charge is -2.36.